The predicted octanol–water partition coefficient (Wildman–Crippen LogP) is 0.0162. The monoisotopic (exact) mass is 223 g/mol. The van der Waals surface area contributed by atoms with E-state index in [0.29, 0.717) is 0 Å². The van der Waals surface area contributed by atoms with Gasteiger partial charge in [0, 0.05) is 11.7 Å². The molecule has 2 N–H and O–H groups in total. The first-order chi connectivity index (χ1) is 6.50. The highest BCUT2D eigenvalue weighted by molar-refractivity contribution is 6.60. The molecule has 8 heteroatoms. The maximum absolute atomic E-state index is 11.8. The Hall–Kier alpha value is -0.915. The molecule has 0 spiro atoms. The highest BCUT2D eigenvalue weighted by atomic mass is 35.5. The molecule has 1 rings (SSSR count). The van der Waals surface area contributed by atoms with Crippen LogP contribution in [0, 0.1) is 0 Å². The summed E-state index contributed by atoms with van der Waals surface area (Å²) < 4.78 is 27.6. The fraction of sp³-hybridized carbons (Fsp3) is 0.167. The molecule has 0 aliphatic heterocycles. The number of halogens is 3. The minimum absolute atomic E-state index is 0.0923. The lowest BCUT2D eigenvalue weighted by Gasteiger charge is -2.08. The summed E-state index contributed by atoms with van der Waals surface area (Å²) in [5, 5.41) is 17.6. The van der Waals surface area contributed by atoms with Crippen molar-refractivity contribution in [3.05, 3.63) is 17.3 Å². The quantitative estimate of drug-likeness (QED) is 0.709. The minimum atomic E-state index is -3.08. The van der Waals surface area contributed by atoms with Crippen molar-refractivity contribution in [3.63, 3.8) is 0 Å². The largest absolute Gasteiger partial charge is 0.494 e. The summed E-state index contributed by atoms with van der Waals surface area (Å²) in [5.74, 6) is -0.556. The fourth-order valence-electron chi connectivity index (χ4n) is 0.810. The zero-order valence-electron chi connectivity index (χ0n) is 6.69. The summed E-state index contributed by atoms with van der Waals surface area (Å²) >= 11 is 5.47. The van der Waals surface area contributed by atoms with Gasteiger partial charge in [0.25, 0.3) is 0 Å². The standard InChI is InChI=1S/C6H5BClF2NO3/c8-3-1-4(7(12)13)5(11-2-3)14-6(9)10/h1-2,6,12-13H. The summed E-state index contributed by atoms with van der Waals surface area (Å²) in [6.07, 6.45) is 1.06. The maximum atomic E-state index is 11.8. The van der Waals surface area contributed by atoms with Crippen molar-refractivity contribution >= 4 is 24.2 Å². The zero-order chi connectivity index (χ0) is 10.7. The van der Waals surface area contributed by atoms with Gasteiger partial charge in [0.1, 0.15) is 0 Å². The van der Waals surface area contributed by atoms with Crippen LogP contribution in [0.25, 0.3) is 0 Å². The SMILES string of the molecule is OB(O)c1cc(Cl)cnc1OC(F)F. The van der Waals surface area contributed by atoms with Crippen LogP contribution in [0.15, 0.2) is 12.3 Å². The van der Waals surface area contributed by atoms with E-state index in [-0.39, 0.29) is 10.5 Å². The van der Waals surface area contributed by atoms with Crippen LogP contribution < -0.4 is 10.2 Å². The van der Waals surface area contributed by atoms with Crippen LogP contribution in [0.1, 0.15) is 0 Å². The number of rotatable bonds is 3. The second-order valence-corrected chi connectivity index (χ2v) is 2.74. The molecular formula is C6H5BClF2NO3. The van der Waals surface area contributed by atoms with Crippen LogP contribution in [-0.4, -0.2) is 28.8 Å². The number of hydrogen-bond acceptors (Lipinski definition) is 4. The minimum Gasteiger partial charge on any atom is -0.423 e. The molecular weight excluding hydrogens is 218 g/mol. The van der Waals surface area contributed by atoms with Gasteiger partial charge in [0.2, 0.25) is 5.88 Å². The summed E-state index contributed by atoms with van der Waals surface area (Å²) in [5.41, 5.74) is -0.308. The molecule has 0 amide bonds. The molecule has 0 bridgehead atoms. The molecule has 0 saturated heterocycles. The van der Waals surface area contributed by atoms with Gasteiger partial charge in [-0.05, 0) is 6.07 Å². The lowest BCUT2D eigenvalue weighted by Crippen LogP contribution is -2.32. The van der Waals surface area contributed by atoms with Crippen LogP contribution in [0.5, 0.6) is 5.88 Å². The first-order valence-electron chi connectivity index (χ1n) is 3.47. The molecule has 0 fully saturated rings. The third-order valence-electron chi connectivity index (χ3n) is 1.32. The van der Waals surface area contributed by atoms with Gasteiger partial charge in [-0.3, -0.25) is 0 Å². The van der Waals surface area contributed by atoms with Crippen molar-refractivity contribution in [3.8, 4) is 5.88 Å². The van der Waals surface area contributed by atoms with E-state index in [1.54, 1.807) is 0 Å². The van der Waals surface area contributed by atoms with Gasteiger partial charge in [-0.25, -0.2) is 4.98 Å². The number of alkyl halides is 2. The zero-order valence-corrected chi connectivity index (χ0v) is 7.45. The molecule has 0 aromatic carbocycles. The number of ether oxygens (including phenoxy) is 1. The normalized spacial score (nSPS) is 10.4. The fourth-order valence-corrected chi connectivity index (χ4v) is 0.977. The third kappa shape index (κ3) is 2.79. The van der Waals surface area contributed by atoms with Gasteiger partial charge in [-0.1, -0.05) is 11.6 Å². The Morgan fingerprint density at radius 1 is 1.50 bits per heavy atom. The molecule has 0 aliphatic rings. The lowest BCUT2D eigenvalue weighted by atomic mass is 9.81. The molecule has 0 atom stereocenters. The van der Waals surface area contributed by atoms with Crippen molar-refractivity contribution in [2.24, 2.45) is 0 Å². The van der Waals surface area contributed by atoms with Crippen LogP contribution in [0.4, 0.5) is 8.78 Å². The van der Waals surface area contributed by atoms with E-state index in [2.05, 4.69) is 9.72 Å². The summed E-state index contributed by atoms with van der Waals surface area (Å²) in [7, 11) is -1.96. The average Bonchev–Trinajstić information content (AvgIpc) is 2.07. The molecule has 14 heavy (non-hydrogen) atoms. The summed E-state index contributed by atoms with van der Waals surface area (Å²) in [6.45, 7) is -3.08. The van der Waals surface area contributed by atoms with Gasteiger partial charge in [-0.15, -0.1) is 0 Å². The first-order valence-corrected chi connectivity index (χ1v) is 3.85. The van der Waals surface area contributed by atoms with Crippen molar-refractivity contribution in [1.82, 2.24) is 4.98 Å². The Morgan fingerprint density at radius 2 is 2.14 bits per heavy atom. The molecule has 4 nitrogen and oxygen atoms in total. The van der Waals surface area contributed by atoms with E-state index in [9.17, 15) is 8.78 Å². The van der Waals surface area contributed by atoms with Crippen LogP contribution in [0.2, 0.25) is 5.02 Å². The maximum Gasteiger partial charge on any atom is 0.494 e. The Kier molecular flexibility index (Phi) is 3.62. The predicted molar refractivity (Wildman–Crippen MR) is 45.7 cm³/mol. The van der Waals surface area contributed by atoms with Crippen LogP contribution in [-0.2, 0) is 0 Å². The van der Waals surface area contributed by atoms with E-state index in [1.165, 1.54) is 0 Å². The Balaban J connectivity index is 3.02. The Morgan fingerprint density at radius 3 is 2.64 bits per heavy atom. The molecule has 0 unspecified atom stereocenters. The molecule has 0 saturated carbocycles. The third-order valence-corrected chi connectivity index (χ3v) is 1.53. The lowest BCUT2D eigenvalue weighted by molar-refractivity contribution is -0.0521. The van der Waals surface area contributed by atoms with Gasteiger partial charge < -0.3 is 14.8 Å². The van der Waals surface area contributed by atoms with E-state index in [4.69, 9.17) is 21.6 Å². The van der Waals surface area contributed by atoms with Gasteiger partial charge in [0.05, 0.1) is 5.02 Å². The molecule has 1 heterocycles. The summed E-state index contributed by atoms with van der Waals surface area (Å²) in [4.78, 5) is 3.39. The first kappa shape index (κ1) is 11.2. The van der Waals surface area contributed by atoms with Gasteiger partial charge >= 0.3 is 13.7 Å². The molecule has 1 aromatic heterocycles. The van der Waals surface area contributed by atoms with Crippen molar-refractivity contribution < 1.29 is 23.6 Å². The topological polar surface area (TPSA) is 62.6 Å². The molecule has 0 radical (unpaired) electrons. The number of pyridine rings is 1. The van der Waals surface area contributed by atoms with E-state index < -0.39 is 19.6 Å². The van der Waals surface area contributed by atoms with Gasteiger partial charge in [0.15, 0.2) is 0 Å². The number of nitrogens with zero attached hydrogens (tertiary/aromatic N) is 1. The van der Waals surface area contributed by atoms with Crippen molar-refractivity contribution in [2.45, 2.75) is 6.61 Å². The van der Waals surface area contributed by atoms with Crippen molar-refractivity contribution in [1.29, 1.82) is 0 Å². The van der Waals surface area contributed by atoms with E-state index in [0.717, 1.165) is 12.3 Å². The van der Waals surface area contributed by atoms with E-state index in [1.807, 2.05) is 0 Å². The number of hydrogen-bond donors (Lipinski definition) is 2. The number of aromatic nitrogens is 1. The summed E-state index contributed by atoms with van der Waals surface area (Å²) in [6, 6.07) is 1.08. The highest BCUT2D eigenvalue weighted by Crippen LogP contribution is 2.12. The van der Waals surface area contributed by atoms with Crippen molar-refractivity contribution in [2.75, 3.05) is 0 Å². The Labute approximate surface area is 83.2 Å². The van der Waals surface area contributed by atoms with Crippen LogP contribution >= 0.6 is 11.6 Å². The molecule has 76 valence electrons. The smallest absolute Gasteiger partial charge is 0.423 e. The highest BCUT2D eigenvalue weighted by Gasteiger charge is 2.21. The molecule has 1 aromatic rings. The second kappa shape index (κ2) is 4.54. The Bertz CT molecular complexity index is 326. The van der Waals surface area contributed by atoms with Crippen LogP contribution in [0.3, 0.4) is 0 Å². The average molecular weight is 223 g/mol. The molecule has 0 aliphatic carbocycles. The second-order valence-electron chi connectivity index (χ2n) is 2.30. The van der Waals surface area contributed by atoms with E-state index >= 15 is 0 Å². The van der Waals surface area contributed by atoms with Gasteiger partial charge in [-0.2, -0.15) is 8.78 Å².